The van der Waals surface area contributed by atoms with Gasteiger partial charge in [0.25, 0.3) is 0 Å². The van der Waals surface area contributed by atoms with Crippen molar-refractivity contribution >= 4 is 39.5 Å². The van der Waals surface area contributed by atoms with Crippen molar-refractivity contribution in [2.75, 3.05) is 39.6 Å². The molecule has 5 unspecified atom stereocenters. The van der Waals surface area contributed by atoms with E-state index in [1.54, 1.807) is 0 Å². The highest BCUT2D eigenvalue weighted by Crippen LogP contribution is 2.45. The van der Waals surface area contributed by atoms with Crippen LogP contribution in [0.5, 0.6) is 0 Å². The van der Waals surface area contributed by atoms with Gasteiger partial charge in [-0.15, -0.1) is 0 Å². The monoisotopic (exact) mass is 1520 g/mol. The molecule has 0 aliphatic carbocycles. The predicted octanol–water partition coefficient (Wildman–Crippen LogP) is 23.8. The van der Waals surface area contributed by atoms with Crippen LogP contribution >= 0.6 is 15.6 Å². The van der Waals surface area contributed by atoms with Gasteiger partial charge in [-0.3, -0.25) is 37.3 Å². The van der Waals surface area contributed by atoms with Gasteiger partial charge in [-0.25, -0.2) is 9.13 Å². The molecule has 0 aromatic heterocycles. The van der Waals surface area contributed by atoms with Gasteiger partial charge in [-0.2, -0.15) is 0 Å². The Labute approximate surface area is 642 Å². The fraction of sp³-hybridized carbons (Fsp3) is 0.632. The minimum Gasteiger partial charge on any atom is -0.462 e. The van der Waals surface area contributed by atoms with Gasteiger partial charge in [0.2, 0.25) is 0 Å². The van der Waals surface area contributed by atoms with Crippen molar-refractivity contribution < 1.29 is 80.2 Å². The number of carbonyl (C=O) groups excluding carboxylic acids is 4. The lowest BCUT2D eigenvalue weighted by Crippen LogP contribution is -2.30. The van der Waals surface area contributed by atoms with Gasteiger partial charge < -0.3 is 33.8 Å². The Morgan fingerprint density at radius 1 is 0.274 bits per heavy atom. The lowest BCUT2D eigenvalue weighted by atomic mass is 10.1. The molecule has 106 heavy (non-hydrogen) atoms. The van der Waals surface area contributed by atoms with Crippen LogP contribution in [-0.4, -0.2) is 96.7 Å². The largest absolute Gasteiger partial charge is 0.472 e. The summed E-state index contributed by atoms with van der Waals surface area (Å²) in [6.45, 7) is 4.44. The molecule has 3 N–H and O–H groups in total. The smallest absolute Gasteiger partial charge is 0.462 e. The van der Waals surface area contributed by atoms with E-state index in [0.717, 1.165) is 167 Å². The number of ether oxygens (including phenoxy) is 4. The molecule has 17 nitrogen and oxygen atoms in total. The van der Waals surface area contributed by atoms with Crippen LogP contribution in [-0.2, 0) is 65.4 Å². The normalized spacial score (nSPS) is 14.7. The lowest BCUT2D eigenvalue weighted by molar-refractivity contribution is -0.161. The van der Waals surface area contributed by atoms with Gasteiger partial charge in [0.05, 0.1) is 26.4 Å². The van der Waals surface area contributed by atoms with Crippen molar-refractivity contribution in [2.24, 2.45) is 0 Å². The predicted molar refractivity (Wildman–Crippen MR) is 436 cm³/mol. The molecule has 0 saturated carbocycles. The van der Waals surface area contributed by atoms with Crippen molar-refractivity contribution in [3.05, 3.63) is 170 Å². The summed E-state index contributed by atoms with van der Waals surface area (Å²) in [5.41, 5.74) is 0. The fourth-order valence-corrected chi connectivity index (χ4v) is 11.6. The summed E-state index contributed by atoms with van der Waals surface area (Å²) in [6.07, 6.45) is 92.0. The first-order valence-corrected chi connectivity index (χ1v) is 43.4. The van der Waals surface area contributed by atoms with Crippen LogP contribution < -0.4 is 0 Å². The van der Waals surface area contributed by atoms with E-state index in [4.69, 9.17) is 37.0 Å². The zero-order valence-electron chi connectivity index (χ0n) is 65.8. The number of hydrogen-bond donors (Lipinski definition) is 3. The molecule has 0 aromatic rings. The van der Waals surface area contributed by atoms with Crippen molar-refractivity contribution in [3.8, 4) is 0 Å². The van der Waals surface area contributed by atoms with E-state index >= 15 is 0 Å². The van der Waals surface area contributed by atoms with E-state index in [1.807, 2.05) is 12.2 Å². The first-order valence-electron chi connectivity index (χ1n) is 40.4. The van der Waals surface area contributed by atoms with Crippen molar-refractivity contribution in [1.29, 1.82) is 0 Å². The molecular formula is C87H142O17P2. The number of aliphatic hydroxyl groups is 1. The van der Waals surface area contributed by atoms with Crippen LogP contribution in [0.15, 0.2) is 170 Å². The van der Waals surface area contributed by atoms with E-state index in [9.17, 15) is 43.2 Å². The maximum Gasteiger partial charge on any atom is 0.472 e. The molecule has 0 aliphatic heterocycles. The van der Waals surface area contributed by atoms with E-state index in [0.29, 0.717) is 38.5 Å². The number of carbonyl (C=O) groups is 4. The summed E-state index contributed by atoms with van der Waals surface area (Å²) in [4.78, 5) is 73.1. The molecule has 5 atom stereocenters. The van der Waals surface area contributed by atoms with Crippen LogP contribution in [0, 0.1) is 0 Å². The lowest BCUT2D eigenvalue weighted by Gasteiger charge is -2.21. The second kappa shape index (κ2) is 77.6. The molecule has 0 amide bonds. The highest BCUT2D eigenvalue weighted by Gasteiger charge is 2.30. The van der Waals surface area contributed by atoms with Crippen LogP contribution in [0.4, 0.5) is 0 Å². The Morgan fingerprint density at radius 3 is 0.811 bits per heavy atom. The number of phosphoric ester groups is 2. The standard InChI is InChI=1S/C87H142O17P2/c1-5-9-13-17-21-25-29-33-37-39-40-42-46-48-52-56-60-64-68-72-85(90)98-78-83(104-87(92)74-70-66-62-58-54-50-44-36-32-28-24-20-16-12-8-4)80-102-106(95,96)100-76-81(88)75-99-105(93,94)101-79-82(103-86(91)73-69-65-61-57-53-49-43-35-31-27-23-19-15-11-7-3)77-97-84(89)71-67-63-59-55-51-47-45-41-38-34-30-26-22-18-14-10-6-2/h10,12,14,16,21-28,33-38,40,42-45,47,54-55,58-59,81-83,88H,5-9,11,13,15,17-20,29-32,39,41,46,48-53,56-57,60-80H2,1-4H3,(H,93,94)(H,95,96)/b14-10-,16-12-,25-21-,26-22-,27-23-,28-24-,37-33-,38-34-,42-40-,43-35-,44-36-,47-45-,58-54-,59-55-. The molecule has 0 bridgehead atoms. The number of aliphatic hydroxyl groups excluding tert-OH is 1. The number of allylic oxidation sites excluding steroid dienone is 28. The number of phosphoric acid groups is 2. The summed E-state index contributed by atoms with van der Waals surface area (Å²) in [5.74, 6) is -2.33. The van der Waals surface area contributed by atoms with Gasteiger partial charge in [-0.1, -0.05) is 268 Å². The average Bonchev–Trinajstić information content (AvgIpc) is 0.928. The number of unbranched alkanes of at least 4 members (excludes halogenated alkanes) is 20. The zero-order chi connectivity index (χ0) is 77.4. The molecule has 0 heterocycles. The van der Waals surface area contributed by atoms with E-state index in [2.05, 4.69) is 186 Å². The van der Waals surface area contributed by atoms with Crippen LogP contribution in [0.3, 0.4) is 0 Å². The van der Waals surface area contributed by atoms with Gasteiger partial charge in [0, 0.05) is 25.7 Å². The molecule has 0 radical (unpaired) electrons. The molecule has 0 spiro atoms. The quantitative estimate of drug-likeness (QED) is 0.0169. The highest BCUT2D eigenvalue weighted by atomic mass is 31.2. The Hall–Kier alpha value is -5.58. The van der Waals surface area contributed by atoms with Crippen molar-refractivity contribution in [1.82, 2.24) is 0 Å². The van der Waals surface area contributed by atoms with Gasteiger partial charge in [-0.05, 0) is 173 Å². The second-order valence-corrected chi connectivity index (χ2v) is 29.1. The Balaban J connectivity index is 5.48. The second-order valence-electron chi connectivity index (χ2n) is 26.2. The van der Waals surface area contributed by atoms with Gasteiger partial charge >= 0.3 is 39.5 Å². The minimum atomic E-state index is -5.01. The van der Waals surface area contributed by atoms with Crippen molar-refractivity contribution in [2.45, 2.75) is 316 Å². The summed E-state index contributed by atoms with van der Waals surface area (Å²) in [5, 5.41) is 10.6. The fourth-order valence-electron chi connectivity index (χ4n) is 10.0. The molecular weight excluding hydrogens is 1380 g/mol. The summed E-state index contributed by atoms with van der Waals surface area (Å²) < 4.78 is 68.5. The van der Waals surface area contributed by atoms with E-state index in [-0.39, 0.29) is 25.7 Å². The van der Waals surface area contributed by atoms with Crippen LogP contribution in [0.25, 0.3) is 0 Å². The van der Waals surface area contributed by atoms with Crippen LogP contribution in [0.1, 0.15) is 297 Å². The topological polar surface area (TPSA) is 237 Å². The van der Waals surface area contributed by atoms with Gasteiger partial charge in [0.1, 0.15) is 19.3 Å². The highest BCUT2D eigenvalue weighted by molar-refractivity contribution is 7.47. The van der Waals surface area contributed by atoms with Crippen molar-refractivity contribution in [3.63, 3.8) is 0 Å². The Kier molecular flexibility index (Phi) is 73.5. The van der Waals surface area contributed by atoms with Gasteiger partial charge in [0.15, 0.2) is 12.2 Å². The van der Waals surface area contributed by atoms with E-state index in [1.165, 1.54) is 38.5 Å². The summed E-state index contributed by atoms with van der Waals surface area (Å²) in [6, 6.07) is 0. The minimum absolute atomic E-state index is 0.0323. The molecule has 0 saturated heterocycles. The maximum absolute atomic E-state index is 13.1. The number of hydrogen-bond acceptors (Lipinski definition) is 15. The average molecular weight is 1520 g/mol. The first kappa shape index (κ1) is 100. The molecule has 19 heteroatoms. The molecule has 0 rings (SSSR count). The summed E-state index contributed by atoms with van der Waals surface area (Å²) in [7, 11) is -10.0. The van der Waals surface area contributed by atoms with E-state index < -0.39 is 97.5 Å². The maximum atomic E-state index is 13.1. The number of esters is 4. The molecule has 602 valence electrons. The SMILES string of the molecule is CC/C=C\C/C=C\C/C=C\C/C=C\C/C=C\CCCC(=O)OCC(COP(=O)(O)OCC(O)COP(=O)(O)OCC(COC(=O)CCCCCCCC/C=C\C/C=C\C/C=C\CCCCC)OC(=O)CCCC/C=C\C/C=C\C/C=C\C/C=C\CC)OC(=O)CCCCCCC/C=C\C/C=C\CCCCC. The molecule has 0 aromatic carbocycles. The zero-order valence-corrected chi connectivity index (χ0v) is 67.6. The molecule has 0 fully saturated rings. The third kappa shape index (κ3) is 76.6. The third-order valence-electron chi connectivity index (χ3n) is 16.1. The third-order valence-corrected chi connectivity index (χ3v) is 18.0. The number of rotatable bonds is 74. The first-order chi connectivity index (χ1) is 51.7. The Bertz CT molecular complexity index is 2680. The summed E-state index contributed by atoms with van der Waals surface area (Å²) >= 11 is 0. The van der Waals surface area contributed by atoms with Crippen LogP contribution in [0.2, 0.25) is 0 Å². The molecule has 0 aliphatic rings. The Morgan fingerprint density at radius 2 is 0.500 bits per heavy atom.